The lowest BCUT2D eigenvalue weighted by atomic mass is 10.2. The first-order valence-electron chi connectivity index (χ1n) is 8.46. The SMILES string of the molecule is CCS(=O)(=O)CCNC(=O)N1CCCN(c2ccccc2C)CC1. The molecule has 0 bridgehead atoms. The summed E-state index contributed by atoms with van der Waals surface area (Å²) in [5.41, 5.74) is 2.45. The number of carbonyl (C=O) groups excluding carboxylic acids is 1. The van der Waals surface area contributed by atoms with E-state index in [1.54, 1.807) is 11.8 Å². The molecule has 0 aromatic heterocycles. The predicted octanol–water partition coefficient (Wildman–Crippen LogP) is 1.65. The first-order chi connectivity index (χ1) is 11.4. The molecular formula is C17H27N3O3S. The van der Waals surface area contributed by atoms with Crippen LogP contribution in [0.1, 0.15) is 18.9 Å². The minimum Gasteiger partial charge on any atom is -0.369 e. The molecule has 1 aliphatic rings. The number of nitrogens with one attached hydrogen (secondary N) is 1. The molecule has 1 aliphatic heterocycles. The van der Waals surface area contributed by atoms with E-state index >= 15 is 0 Å². The zero-order valence-corrected chi connectivity index (χ0v) is 15.3. The van der Waals surface area contributed by atoms with Gasteiger partial charge < -0.3 is 15.1 Å². The Kier molecular flexibility index (Phi) is 6.48. The number of hydrogen-bond donors (Lipinski definition) is 1. The third kappa shape index (κ3) is 5.12. The number of amides is 2. The van der Waals surface area contributed by atoms with Crippen molar-refractivity contribution in [3.05, 3.63) is 29.8 Å². The van der Waals surface area contributed by atoms with E-state index in [9.17, 15) is 13.2 Å². The van der Waals surface area contributed by atoms with Gasteiger partial charge in [-0.1, -0.05) is 25.1 Å². The van der Waals surface area contributed by atoms with Gasteiger partial charge in [0, 0.05) is 44.2 Å². The Morgan fingerprint density at radius 2 is 1.92 bits per heavy atom. The molecule has 0 saturated carbocycles. The van der Waals surface area contributed by atoms with Crippen molar-refractivity contribution in [2.24, 2.45) is 0 Å². The smallest absolute Gasteiger partial charge is 0.317 e. The van der Waals surface area contributed by atoms with E-state index in [1.807, 2.05) is 12.1 Å². The van der Waals surface area contributed by atoms with E-state index in [4.69, 9.17) is 0 Å². The molecule has 0 unspecified atom stereocenters. The summed E-state index contributed by atoms with van der Waals surface area (Å²) in [7, 11) is -3.04. The van der Waals surface area contributed by atoms with Crippen LogP contribution in [-0.4, -0.2) is 63.6 Å². The zero-order valence-electron chi connectivity index (χ0n) is 14.5. The van der Waals surface area contributed by atoms with Gasteiger partial charge in [-0.25, -0.2) is 13.2 Å². The van der Waals surface area contributed by atoms with E-state index in [2.05, 4.69) is 29.3 Å². The quantitative estimate of drug-likeness (QED) is 0.874. The number of anilines is 1. The first-order valence-corrected chi connectivity index (χ1v) is 10.3. The van der Waals surface area contributed by atoms with Crippen molar-refractivity contribution >= 4 is 21.6 Å². The molecule has 1 saturated heterocycles. The van der Waals surface area contributed by atoms with Gasteiger partial charge in [0.05, 0.1) is 5.75 Å². The van der Waals surface area contributed by atoms with Crippen LogP contribution in [0.4, 0.5) is 10.5 Å². The molecule has 0 spiro atoms. The number of benzene rings is 1. The van der Waals surface area contributed by atoms with Crippen molar-refractivity contribution in [2.45, 2.75) is 20.3 Å². The molecule has 7 heteroatoms. The molecule has 2 rings (SSSR count). The minimum absolute atomic E-state index is 0.00157. The van der Waals surface area contributed by atoms with Crippen LogP contribution in [-0.2, 0) is 9.84 Å². The van der Waals surface area contributed by atoms with Gasteiger partial charge in [0.25, 0.3) is 0 Å². The molecule has 2 amide bonds. The van der Waals surface area contributed by atoms with Gasteiger partial charge in [0.15, 0.2) is 9.84 Å². The van der Waals surface area contributed by atoms with Gasteiger partial charge in [-0.15, -0.1) is 0 Å². The average molecular weight is 353 g/mol. The van der Waals surface area contributed by atoms with Crippen LogP contribution in [0.2, 0.25) is 0 Å². The summed E-state index contributed by atoms with van der Waals surface area (Å²) in [6.07, 6.45) is 0.898. The highest BCUT2D eigenvalue weighted by atomic mass is 32.2. The van der Waals surface area contributed by atoms with Crippen LogP contribution in [0.5, 0.6) is 0 Å². The van der Waals surface area contributed by atoms with Crippen LogP contribution < -0.4 is 10.2 Å². The van der Waals surface area contributed by atoms with Crippen LogP contribution >= 0.6 is 0 Å². The normalized spacial score (nSPS) is 15.9. The number of urea groups is 1. The summed E-state index contributed by atoms with van der Waals surface area (Å²) in [5, 5.41) is 2.73. The molecule has 1 N–H and O–H groups in total. The van der Waals surface area contributed by atoms with Gasteiger partial charge in [0.2, 0.25) is 0 Å². The second-order valence-electron chi connectivity index (χ2n) is 6.08. The Balaban J connectivity index is 1.86. The largest absolute Gasteiger partial charge is 0.369 e. The van der Waals surface area contributed by atoms with Crippen LogP contribution in [0, 0.1) is 6.92 Å². The maximum Gasteiger partial charge on any atom is 0.317 e. The van der Waals surface area contributed by atoms with Crippen molar-refractivity contribution in [1.82, 2.24) is 10.2 Å². The van der Waals surface area contributed by atoms with Crippen LogP contribution in [0.15, 0.2) is 24.3 Å². The third-order valence-electron chi connectivity index (χ3n) is 4.37. The molecule has 134 valence electrons. The summed E-state index contributed by atoms with van der Waals surface area (Å²) in [6, 6.07) is 8.10. The Morgan fingerprint density at radius 3 is 2.62 bits per heavy atom. The van der Waals surface area contributed by atoms with E-state index in [0.717, 1.165) is 19.5 Å². The lowest BCUT2D eigenvalue weighted by Crippen LogP contribution is -2.43. The van der Waals surface area contributed by atoms with Crippen molar-refractivity contribution in [1.29, 1.82) is 0 Å². The van der Waals surface area contributed by atoms with E-state index < -0.39 is 9.84 Å². The molecule has 1 aromatic carbocycles. The lowest BCUT2D eigenvalue weighted by molar-refractivity contribution is 0.202. The van der Waals surface area contributed by atoms with E-state index in [0.29, 0.717) is 13.1 Å². The zero-order chi connectivity index (χ0) is 17.6. The van der Waals surface area contributed by atoms with E-state index in [1.165, 1.54) is 11.3 Å². The molecular weight excluding hydrogens is 326 g/mol. The molecule has 1 aromatic rings. The van der Waals surface area contributed by atoms with Gasteiger partial charge in [0.1, 0.15) is 0 Å². The summed E-state index contributed by atoms with van der Waals surface area (Å²) >= 11 is 0. The molecule has 24 heavy (non-hydrogen) atoms. The fourth-order valence-corrected chi connectivity index (χ4v) is 3.55. The predicted molar refractivity (Wildman–Crippen MR) is 97.3 cm³/mol. The van der Waals surface area contributed by atoms with Gasteiger partial charge in [-0.2, -0.15) is 0 Å². The van der Waals surface area contributed by atoms with Crippen molar-refractivity contribution < 1.29 is 13.2 Å². The first kappa shape index (κ1) is 18.6. The summed E-state index contributed by atoms with van der Waals surface area (Å²) in [6.45, 7) is 6.91. The fraction of sp³-hybridized carbons (Fsp3) is 0.588. The number of aryl methyl sites for hydroxylation is 1. The van der Waals surface area contributed by atoms with Crippen LogP contribution in [0.25, 0.3) is 0 Å². The van der Waals surface area contributed by atoms with Gasteiger partial charge >= 0.3 is 6.03 Å². The third-order valence-corrected chi connectivity index (χ3v) is 6.07. The summed E-state index contributed by atoms with van der Waals surface area (Å²) in [4.78, 5) is 16.3. The second-order valence-corrected chi connectivity index (χ2v) is 8.56. The number of carbonyl (C=O) groups is 1. The monoisotopic (exact) mass is 353 g/mol. The number of rotatable bonds is 5. The highest BCUT2D eigenvalue weighted by molar-refractivity contribution is 7.91. The Labute approximate surface area is 144 Å². The molecule has 1 heterocycles. The van der Waals surface area contributed by atoms with Gasteiger partial charge in [-0.05, 0) is 25.0 Å². The molecule has 6 nitrogen and oxygen atoms in total. The summed E-state index contributed by atoms with van der Waals surface area (Å²) < 4.78 is 22.9. The minimum atomic E-state index is -3.04. The van der Waals surface area contributed by atoms with Crippen molar-refractivity contribution in [3.8, 4) is 0 Å². The highest BCUT2D eigenvalue weighted by Gasteiger charge is 2.20. The topological polar surface area (TPSA) is 69.7 Å². The Bertz CT molecular complexity index is 661. The Morgan fingerprint density at radius 1 is 1.17 bits per heavy atom. The number of sulfone groups is 1. The molecule has 0 aliphatic carbocycles. The highest BCUT2D eigenvalue weighted by Crippen LogP contribution is 2.20. The standard InChI is InChI=1S/C17H27N3O3S/c1-3-24(22,23)14-9-18-17(21)20-11-6-10-19(12-13-20)16-8-5-4-7-15(16)2/h4-5,7-8H,3,6,9-14H2,1-2H3,(H,18,21). The summed E-state index contributed by atoms with van der Waals surface area (Å²) in [5.74, 6) is 0.108. The van der Waals surface area contributed by atoms with Crippen molar-refractivity contribution in [2.75, 3.05) is 49.1 Å². The molecule has 1 fully saturated rings. The number of nitrogens with zero attached hydrogens (tertiary/aromatic N) is 2. The number of hydrogen-bond acceptors (Lipinski definition) is 4. The maximum atomic E-state index is 12.2. The second kappa shape index (κ2) is 8.37. The van der Waals surface area contributed by atoms with Crippen LogP contribution in [0.3, 0.4) is 0 Å². The average Bonchev–Trinajstić information content (AvgIpc) is 2.81. The Hall–Kier alpha value is -1.76. The fourth-order valence-electron chi connectivity index (χ4n) is 2.85. The maximum absolute atomic E-state index is 12.2. The molecule has 0 atom stereocenters. The lowest BCUT2D eigenvalue weighted by Gasteiger charge is -2.25. The number of para-hydroxylation sites is 1. The van der Waals surface area contributed by atoms with Gasteiger partial charge in [-0.3, -0.25) is 0 Å². The molecule has 0 radical (unpaired) electrons. The van der Waals surface area contributed by atoms with E-state index in [-0.39, 0.29) is 24.1 Å². The van der Waals surface area contributed by atoms with Crippen molar-refractivity contribution in [3.63, 3.8) is 0 Å².